The van der Waals surface area contributed by atoms with Crippen LogP contribution in [-0.2, 0) is 0 Å². The largest absolute Gasteiger partial charge is 0.359 e. The van der Waals surface area contributed by atoms with Crippen molar-refractivity contribution in [3.05, 3.63) is 71.6 Å². The molecule has 2 N–H and O–H groups in total. The first-order chi connectivity index (χ1) is 12.8. The molecule has 1 aromatic heterocycles. The van der Waals surface area contributed by atoms with Gasteiger partial charge in [-0.25, -0.2) is 0 Å². The molecule has 0 aliphatic carbocycles. The summed E-state index contributed by atoms with van der Waals surface area (Å²) in [4.78, 5) is 0. The maximum atomic E-state index is 9.50. The van der Waals surface area contributed by atoms with Gasteiger partial charge in [0.15, 0.2) is 0 Å². The minimum atomic E-state index is 0.0128. The lowest BCUT2D eigenvalue weighted by atomic mass is 9.93. The van der Waals surface area contributed by atoms with Crippen LogP contribution in [0.2, 0.25) is 0 Å². The first-order valence-electron chi connectivity index (χ1n) is 8.90. The van der Waals surface area contributed by atoms with Gasteiger partial charge in [0, 0.05) is 22.2 Å². The fourth-order valence-electron chi connectivity index (χ4n) is 2.54. The third kappa shape index (κ3) is 5.07. The third-order valence-corrected chi connectivity index (χ3v) is 4.40. The number of allylic oxidation sites excluding steroid dienone is 1. The summed E-state index contributed by atoms with van der Waals surface area (Å²) < 4.78 is 9.50. The Morgan fingerprint density at radius 1 is 1.11 bits per heavy atom. The number of hydrogen-bond acceptors (Lipinski definition) is 2. The number of H-pyrrole nitrogens is 1. The topological polar surface area (TPSA) is 40.7 Å². The number of aromatic amines is 1. The zero-order chi connectivity index (χ0) is 20.0. The van der Waals surface area contributed by atoms with Crippen molar-refractivity contribution in [3.8, 4) is 0 Å². The van der Waals surface area contributed by atoms with E-state index in [1.807, 2.05) is 12.1 Å². The zero-order valence-corrected chi connectivity index (χ0v) is 16.7. The zero-order valence-electron chi connectivity index (χ0n) is 16.7. The van der Waals surface area contributed by atoms with Crippen molar-refractivity contribution in [3.63, 3.8) is 0 Å². The van der Waals surface area contributed by atoms with Gasteiger partial charge >= 0.3 is 0 Å². The number of benzene rings is 2. The Bertz CT molecular complexity index is 946. The average Bonchev–Trinajstić information content (AvgIpc) is 3.04. The number of nitrogens with zero attached hydrogens (tertiary/aromatic N) is 1. The molecule has 3 nitrogen and oxygen atoms in total. The van der Waals surface area contributed by atoms with Gasteiger partial charge in [-0.1, -0.05) is 57.7 Å². The highest BCUT2D eigenvalue weighted by atomic mass is 19.1. The van der Waals surface area contributed by atoms with E-state index >= 15 is 0 Å². The number of halogens is 1. The van der Waals surface area contributed by atoms with Crippen LogP contribution in [0.5, 0.6) is 0 Å². The van der Waals surface area contributed by atoms with Gasteiger partial charge < -0.3 is 5.32 Å². The number of nitrogens with one attached hydrogen (secondary N) is 2. The Balaban J connectivity index is 0.00000126. The van der Waals surface area contributed by atoms with Crippen LogP contribution >= 0.6 is 0 Å². The normalized spacial score (nSPS) is 11.3. The maximum Gasteiger partial charge on any atom is 0.0928 e. The van der Waals surface area contributed by atoms with Crippen LogP contribution in [0, 0.1) is 12.3 Å². The predicted molar refractivity (Wildman–Crippen MR) is 115 cm³/mol. The quantitative estimate of drug-likeness (QED) is 0.547. The van der Waals surface area contributed by atoms with Crippen LogP contribution in [0.1, 0.15) is 37.6 Å². The summed E-state index contributed by atoms with van der Waals surface area (Å²) in [6.45, 7) is 12.7. The van der Waals surface area contributed by atoms with E-state index in [-0.39, 0.29) is 5.41 Å². The second-order valence-electron chi connectivity index (χ2n) is 7.41. The Morgan fingerprint density at radius 2 is 1.81 bits per heavy atom. The molecule has 3 rings (SSSR count). The van der Waals surface area contributed by atoms with E-state index in [0.717, 1.165) is 28.0 Å². The number of fused-ring (bicyclic) bond motifs is 1. The molecule has 4 heteroatoms. The summed E-state index contributed by atoms with van der Waals surface area (Å²) in [5, 5.41) is 12.1. The summed E-state index contributed by atoms with van der Waals surface area (Å²) in [6, 6.07) is 14.5. The summed E-state index contributed by atoms with van der Waals surface area (Å²) in [5.41, 5.74) is 6.45. The molecule has 0 unspecified atom stereocenters. The molecule has 0 spiro atoms. The lowest BCUT2D eigenvalue weighted by Crippen LogP contribution is -2.15. The monoisotopic (exact) mass is 365 g/mol. The summed E-state index contributed by atoms with van der Waals surface area (Å²) in [6.07, 6.45) is 4.17. The minimum absolute atomic E-state index is 0.0128. The van der Waals surface area contributed by atoms with Crippen molar-refractivity contribution in [1.29, 1.82) is 0 Å². The molecule has 0 aliphatic heterocycles. The molecule has 0 fully saturated rings. The van der Waals surface area contributed by atoms with Crippen LogP contribution < -0.4 is 5.32 Å². The molecular formula is C23H28FN3. The van der Waals surface area contributed by atoms with E-state index in [1.165, 1.54) is 11.1 Å². The van der Waals surface area contributed by atoms with Gasteiger partial charge in [0.05, 0.1) is 18.4 Å². The number of rotatable bonds is 4. The SMILES string of the molecule is C=C(Nc1ccc2[nH]nc(/C=C/c3ccccc3C)c2c1)C(C)(C)C.CF. The Labute approximate surface area is 161 Å². The predicted octanol–water partition coefficient (Wildman–Crippen LogP) is 6.60. The first-order valence-corrected chi connectivity index (χ1v) is 8.90. The number of hydrogen-bond donors (Lipinski definition) is 2. The minimum Gasteiger partial charge on any atom is -0.359 e. The van der Waals surface area contributed by atoms with E-state index in [4.69, 9.17) is 0 Å². The molecule has 0 saturated carbocycles. The third-order valence-electron chi connectivity index (χ3n) is 4.40. The molecule has 0 radical (unpaired) electrons. The van der Waals surface area contributed by atoms with Crippen molar-refractivity contribution in [2.75, 3.05) is 12.5 Å². The Hall–Kier alpha value is -2.88. The number of alkyl halides is 1. The van der Waals surface area contributed by atoms with Gasteiger partial charge in [0.2, 0.25) is 0 Å². The second kappa shape index (κ2) is 8.67. The van der Waals surface area contributed by atoms with Gasteiger partial charge in [-0.2, -0.15) is 5.10 Å². The van der Waals surface area contributed by atoms with E-state index in [9.17, 15) is 4.39 Å². The van der Waals surface area contributed by atoms with Crippen molar-refractivity contribution in [2.45, 2.75) is 27.7 Å². The Morgan fingerprint density at radius 3 is 2.48 bits per heavy atom. The first kappa shape index (κ1) is 20.4. The molecule has 0 saturated heterocycles. The van der Waals surface area contributed by atoms with Crippen LogP contribution in [-0.4, -0.2) is 17.4 Å². The highest BCUT2D eigenvalue weighted by Gasteiger charge is 2.15. The molecule has 142 valence electrons. The molecule has 27 heavy (non-hydrogen) atoms. The number of aromatic nitrogens is 2. The van der Waals surface area contributed by atoms with E-state index in [2.05, 4.69) is 92.3 Å². The van der Waals surface area contributed by atoms with E-state index in [1.54, 1.807) is 0 Å². The van der Waals surface area contributed by atoms with Crippen molar-refractivity contribution < 1.29 is 4.39 Å². The molecule has 0 bridgehead atoms. The number of aryl methyl sites for hydroxylation is 1. The lowest BCUT2D eigenvalue weighted by molar-refractivity contribution is 0.510. The van der Waals surface area contributed by atoms with Gasteiger partial charge in [-0.15, -0.1) is 0 Å². The van der Waals surface area contributed by atoms with Crippen LogP contribution in [0.3, 0.4) is 0 Å². The van der Waals surface area contributed by atoms with Crippen LogP contribution in [0.25, 0.3) is 23.1 Å². The summed E-state index contributed by atoms with van der Waals surface area (Å²) >= 11 is 0. The molecule has 3 aromatic rings. The smallest absolute Gasteiger partial charge is 0.0928 e. The van der Waals surface area contributed by atoms with Crippen LogP contribution in [0.15, 0.2) is 54.7 Å². The van der Waals surface area contributed by atoms with Gasteiger partial charge in [-0.05, 0) is 42.3 Å². The fraction of sp³-hybridized carbons (Fsp3) is 0.261. The fourth-order valence-corrected chi connectivity index (χ4v) is 2.54. The molecule has 0 amide bonds. The van der Waals surface area contributed by atoms with E-state index in [0.29, 0.717) is 7.18 Å². The summed E-state index contributed by atoms with van der Waals surface area (Å²) in [5.74, 6) is 0. The van der Waals surface area contributed by atoms with Gasteiger partial charge in [-0.3, -0.25) is 9.49 Å². The molecule has 2 aromatic carbocycles. The molecule has 1 heterocycles. The molecule has 0 atom stereocenters. The number of anilines is 1. The maximum absolute atomic E-state index is 9.50. The molecule has 0 aliphatic rings. The van der Waals surface area contributed by atoms with Crippen LogP contribution in [0.4, 0.5) is 10.1 Å². The average molecular weight is 365 g/mol. The molecular weight excluding hydrogens is 337 g/mol. The summed E-state index contributed by atoms with van der Waals surface area (Å²) in [7, 11) is 0.500. The highest BCUT2D eigenvalue weighted by Crippen LogP contribution is 2.28. The van der Waals surface area contributed by atoms with Crippen molar-refractivity contribution >= 4 is 28.7 Å². The van der Waals surface area contributed by atoms with Crippen molar-refractivity contribution in [1.82, 2.24) is 10.2 Å². The lowest BCUT2D eigenvalue weighted by Gasteiger charge is -2.23. The Kier molecular flexibility index (Phi) is 6.56. The van der Waals surface area contributed by atoms with Gasteiger partial charge in [0.25, 0.3) is 0 Å². The highest BCUT2D eigenvalue weighted by molar-refractivity contribution is 5.91. The van der Waals surface area contributed by atoms with Gasteiger partial charge in [0.1, 0.15) is 0 Å². The van der Waals surface area contributed by atoms with E-state index < -0.39 is 0 Å². The standard InChI is InChI=1S/C22H25N3.CH3F/c1-15-8-6-7-9-17(15)10-12-20-19-14-18(11-13-21(19)25-24-20)23-16(2)22(3,4)5;1-2/h6-14,23H,2H2,1,3-5H3,(H,24,25);1H3/b12-10+;. The second-order valence-corrected chi connectivity index (χ2v) is 7.41. The van der Waals surface area contributed by atoms with Crippen molar-refractivity contribution in [2.24, 2.45) is 5.41 Å².